The molecule has 4 nitrogen and oxygen atoms in total. The molecule has 1 aliphatic carbocycles. The topological polar surface area (TPSA) is 39.7 Å². The normalized spacial score (nSPS) is 21.3. The van der Waals surface area contributed by atoms with Crippen LogP contribution in [0.5, 0.6) is 0 Å². The summed E-state index contributed by atoms with van der Waals surface area (Å²) in [5.41, 5.74) is 1.37. The third-order valence-electron chi connectivity index (χ3n) is 5.16. The molecule has 0 heterocycles. The van der Waals surface area contributed by atoms with Gasteiger partial charge in [0.2, 0.25) is 0 Å². The van der Waals surface area contributed by atoms with Crippen LogP contribution >= 0.6 is 35.7 Å². The highest BCUT2D eigenvalue weighted by Crippen LogP contribution is 2.27. The first-order chi connectivity index (χ1) is 12.1. The second kappa shape index (κ2) is 12.8. The Hall–Kier alpha value is -0.470. The average Bonchev–Trinajstić information content (AvgIpc) is 3.09. The van der Waals surface area contributed by atoms with Gasteiger partial charge in [-0.2, -0.15) is 11.8 Å². The maximum atomic E-state index is 4.39. The van der Waals surface area contributed by atoms with Crippen LogP contribution < -0.4 is 10.6 Å². The Kier molecular flexibility index (Phi) is 11.6. The van der Waals surface area contributed by atoms with Crippen molar-refractivity contribution in [1.82, 2.24) is 15.5 Å². The first-order valence-corrected chi connectivity index (χ1v) is 10.6. The molecule has 0 spiro atoms. The Balaban J connectivity index is 0.00000338. The van der Waals surface area contributed by atoms with E-state index in [1.807, 2.05) is 18.8 Å². The molecule has 3 atom stereocenters. The zero-order chi connectivity index (χ0) is 18.1. The van der Waals surface area contributed by atoms with Crippen molar-refractivity contribution in [2.24, 2.45) is 4.99 Å². The van der Waals surface area contributed by atoms with Gasteiger partial charge < -0.3 is 10.6 Å². The number of thioether (sulfide) groups is 1. The van der Waals surface area contributed by atoms with Crippen molar-refractivity contribution in [1.29, 1.82) is 0 Å². The third kappa shape index (κ3) is 8.05. The number of aliphatic imine (C=N–C) groups is 1. The molecule has 0 amide bonds. The van der Waals surface area contributed by atoms with Gasteiger partial charge in [-0.25, -0.2) is 0 Å². The summed E-state index contributed by atoms with van der Waals surface area (Å²) in [5, 5.41) is 7.88. The highest BCUT2D eigenvalue weighted by Gasteiger charge is 2.24. The maximum Gasteiger partial charge on any atom is 0.191 e. The van der Waals surface area contributed by atoms with E-state index in [9.17, 15) is 0 Å². The zero-order valence-electron chi connectivity index (χ0n) is 16.6. The van der Waals surface area contributed by atoms with Crippen molar-refractivity contribution in [2.75, 3.05) is 26.9 Å². The molecule has 0 bridgehead atoms. The number of halogens is 1. The molecule has 0 aromatic heterocycles. The quantitative estimate of drug-likeness (QED) is 0.329. The van der Waals surface area contributed by atoms with Crippen LogP contribution in [0, 0.1) is 0 Å². The molecular weight excluding hydrogens is 455 g/mol. The predicted molar refractivity (Wildman–Crippen MR) is 127 cm³/mol. The maximum absolute atomic E-state index is 4.39. The van der Waals surface area contributed by atoms with E-state index in [0.717, 1.165) is 30.7 Å². The van der Waals surface area contributed by atoms with Crippen LogP contribution in [0.15, 0.2) is 35.3 Å². The molecule has 6 heteroatoms. The molecule has 148 valence electrons. The summed E-state index contributed by atoms with van der Waals surface area (Å²) in [6.07, 6.45) is 7.13. The molecule has 0 saturated heterocycles. The van der Waals surface area contributed by atoms with Crippen LogP contribution in [0.25, 0.3) is 0 Å². The summed E-state index contributed by atoms with van der Waals surface area (Å²) < 4.78 is 0. The summed E-state index contributed by atoms with van der Waals surface area (Å²) in [4.78, 5) is 6.80. The fourth-order valence-electron chi connectivity index (χ4n) is 3.32. The molecule has 2 N–H and O–H groups in total. The molecule has 0 aliphatic heterocycles. The SMILES string of the molecule is CN=C(NCCC(C)N(C)Cc1ccccc1)NC1CCC(SC)C1.I. The molecule has 1 aliphatic rings. The van der Waals surface area contributed by atoms with Gasteiger partial charge in [0.05, 0.1) is 0 Å². The molecule has 1 aromatic carbocycles. The van der Waals surface area contributed by atoms with Crippen molar-refractivity contribution in [3.8, 4) is 0 Å². The Morgan fingerprint density at radius 3 is 2.65 bits per heavy atom. The van der Waals surface area contributed by atoms with Gasteiger partial charge in [-0.05, 0) is 51.5 Å². The van der Waals surface area contributed by atoms with Crippen molar-refractivity contribution >= 4 is 41.7 Å². The molecule has 3 unspecified atom stereocenters. The molecule has 2 rings (SSSR count). The van der Waals surface area contributed by atoms with Crippen LogP contribution in [-0.2, 0) is 6.54 Å². The average molecular weight is 490 g/mol. The highest BCUT2D eigenvalue weighted by atomic mass is 127. The van der Waals surface area contributed by atoms with Gasteiger partial charge >= 0.3 is 0 Å². The van der Waals surface area contributed by atoms with Gasteiger partial charge in [-0.15, -0.1) is 24.0 Å². The van der Waals surface area contributed by atoms with E-state index < -0.39 is 0 Å². The number of benzene rings is 1. The van der Waals surface area contributed by atoms with E-state index in [1.165, 1.54) is 24.8 Å². The van der Waals surface area contributed by atoms with Crippen LogP contribution in [0.2, 0.25) is 0 Å². The molecular formula is C20H35IN4S. The monoisotopic (exact) mass is 490 g/mol. The molecule has 1 saturated carbocycles. The lowest BCUT2D eigenvalue weighted by molar-refractivity contribution is 0.238. The number of hydrogen-bond donors (Lipinski definition) is 2. The van der Waals surface area contributed by atoms with Crippen LogP contribution in [0.4, 0.5) is 0 Å². The zero-order valence-corrected chi connectivity index (χ0v) is 19.7. The minimum Gasteiger partial charge on any atom is -0.356 e. The molecule has 1 aromatic rings. The highest BCUT2D eigenvalue weighted by molar-refractivity contribution is 14.0. The first-order valence-electron chi connectivity index (χ1n) is 9.36. The van der Waals surface area contributed by atoms with E-state index in [4.69, 9.17) is 0 Å². The summed E-state index contributed by atoms with van der Waals surface area (Å²) in [6, 6.07) is 11.8. The van der Waals surface area contributed by atoms with E-state index in [1.54, 1.807) is 0 Å². The fraction of sp³-hybridized carbons (Fsp3) is 0.650. The van der Waals surface area contributed by atoms with Crippen LogP contribution in [-0.4, -0.2) is 55.1 Å². The van der Waals surface area contributed by atoms with Gasteiger partial charge in [-0.1, -0.05) is 30.3 Å². The van der Waals surface area contributed by atoms with E-state index in [-0.39, 0.29) is 24.0 Å². The number of nitrogens with one attached hydrogen (secondary N) is 2. The van der Waals surface area contributed by atoms with E-state index >= 15 is 0 Å². The van der Waals surface area contributed by atoms with E-state index in [0.29, 0.717) is 12.1 Å². The number of rotatable bonds is 8. The minimum atomic E-state index is 0. The summed E-state index contributed by atoms with van der Waals surface area (Å²) in [5.74, 6) is 0.949. The Morgan fingerprint density at radius 1 is 1.31 bits per heavy atom. The first kappa shape index (κ1) is 23.6. The second-order valence-electron chi connectivity index (χ2n) is 7.05. The smallest absolute Gasteiger partial charge is 0.191 e. The van der Waals surface area contributed by atoms with Gasteiger partial charge in [-0.3, -0.25) is 9.89 Å². The van der Waals surface area contributed by atoms with Gasteiger partial charge in [0.25, 0.3) is 0 Å². The van der Waals surface area contributed by atoms with Crippen molar-refractivity contribution in [3.63, 3.8) is 0 Å². The Bertz CT molecular complexity index is 526. The molecule has 26 heavy (non-hydrogen) atoms. The van der Waals surface area contributed by atoms with Crippen molar-refractivity contribution in [3.05, 3.63) is 35.9 Å². The summed E-state index contributed by atoms with van der Waals surface area (Å²) >= 11 is 1.99. The molecule has 0 radical (unpaired) electrons. The number of hydrogen-bond acceptors (Lipinski definition) is 3. The van der Waals surface area contributed by atoms with E-state index in [2.05, 4.69) is 71.1 Å². The number of guanidine groups is 1. The van der Waals surface area contributed by atoms with Gasteiger partial charge in [0.1, 0.15) is 0 Å². The fourth-order valence-corrected chi connectivity index (χ4v) is 4.12. The van der Waals surface area contributed by atoms with Crippen molar-refractivity contribution in [2.45, 2.75) is 56.5 Å². The summed E-state index contributed by atoms with van der Waals surface area (Å²) in [7, 11) is 4.06. The van der Waals surface area contributed by atoms with Crippen molar-refractivity contribution < 1.29 is 0 Å². The van der Waals surface area contributed by atoms with Gasteiger partial charge in [0.15, 0.2) is 5.96 Å². The predicted octanol–water partition coefficient (Wildman–Crippen LogP) is 3.96. The largest absolute Gasteiger partial charge is 0.356 e. The standard InChI is InChI=1S/C20H34N4S.HI/c1-16(24(3)15-17-8-6-5-7-9-17)12-13-22-20(21-2)23-18-10-11-19(14-18)25-4;/h5-9,16,18-19H,10-15H2,1-4H3,(H2,21,22,23);1H. The Morgan fingerprint density at radius 2 is 2.04 bits per heavy atom. The minimum absolute atomic E-state index is 0. The Labute approximate surface area is 181 Å². The lowest BCUT2D eigenvalue weighted by Crippen LogP contribution is -2.44. The summed E-state index contributed by atoms with van der Waals surface area (Å²) in [6.45, 7) is 4.23. The lowest BCUT2D eigenvalue weighted by atomic mass is 10.1. The lowest BCUT2D eigenvalue weighted by Gasteiger charge is -2.25. The third-order valence-corrected chi connectivity index (χ3v) is 6.26. The van der Waals surface area contributed by atoms with Crippen LogP contribution in [0.3, 0.4) is 0 Å². The number of nitrogens with zero attached hydrogens (tertiary/aromatic N) is 2. The van der Waals surface area contributed by atoms with Gasteiger partial charge in [0, 0.05) is 37.5 Å². The van der Waals surface area contributed by atoms with Crippen LogP contribution in [0.1, 0.15) is 38.2 Å². The second-order valence-corrected chi connectivity index (χ2v) is 8.19. The molecule has 1 fully saturated rings.